The summed E-state index contributed by atoms with van der Waals surface area (Å²) in [5, 5.41) is -0.0381. The lowest BCUT2D eigenvalue weighted by molar-refractivity contribution is -0.141. The van der Waals surface area contributed by atoms with Crippen LogP contribution in [0.15, 0.2) is 0 Å². The molecule has 0 rings (SSSR count). The van der Waals surface area contributed by atoms with Gasteiger partial charge in [0, 0.05) is 33.2 Å². The Bertz CT molecular complexity index is 856. The van der Waals surface area contributed by atoms with Crippen LogP contribution in [0.25, 0.3) is 0 Å². The first-order valence-electron chi connectivity index (χ1n) is 10.2. The fraction of sp³-hybridized carbons (Fsp3) is 0.778. The Morgan fingerprint density at radius 2 is 1.16 bits per heavy atom. The number of halogens is 1. The molecule has 0 aromatic rings. The number of carbonyl (C=O) groups excluding carboxylic acids is 4. The largest absolute Gasteiger partial charge is 0.454 e. The van der Waals surface area contributed by atoms with E-state index >= 15 is 0 Å². The smallest absolute Gasteiger partial charge is 0.306 e. The maximum atomic E-state index is 10.8. The monoisotopic (exact) mass is 652 g/mol. The van der Waals surface area contributed by atoms with E-state index in [0.717, 1.165) is 50.9 Å². The van der Waals surface area contributed by atoms with Crippen molar-refractivity contribution >= 4 is 88.4 Å². The summed E-state index contributed by atoms with van der Waals surface area (Å²) in [5.41, 5.74) is 0. The minimum atomic E-state index is -3.20. The first-order valence-corrected chi connectivity index (χ1v) is 17.7. The number of ether oxygens (including phenoxy) is 3. The number of rotatable bonds is 12. The normalized spacial score (nSPS) is 10.3. The van der Waals surface area contributed by atoms with Crippen LogP contribution in [-0.2, 0) is 53.4 Å². The van der Waals surface area contributed by atoms with E-state index in [1.807, 2.05) is 0 Å². The van der Waals surface area contributed by atoms with Crippen molar-refractivity contribution in [3.8, 4) is 0 Å². The molecule has 0 aromatic heterocycles. The highest BCUT2D eigenvalue weighted by molar-refractivity contribution is 8.21. The molecular formula is C18H37ClN2O11S5. The molecule has 1 N–H and O–H groups in total. The number of carbonyl (C=O) groups is 4. The molecule has 0 amide bonds. The predicted molar refractivity (Wildman–Crippen MR) is 150 cm³/mol. The van der Waals surface area contributed by atoms with Crippen LogP contribution < -0.4 is 4.72 Å². The van der Waals surface area contributed by atoms with Gasteiger partial charge in [0.05, 0.1) is 12.5 Å². The lowest BCUT2D eigenvalue weighted by atomic mass is 10.5. The van der Waals surface area contributed by atoms with Gasteiger partial charge >= 0.3 is 17.9 Å². The Morgan fingerprint density at radius 3 is 1.43 bits per heavy atom. The summed E-state index contributed by atoms with van der Waals surface area (Å²) >= 11 is 1.92. The van der Waals surface area contributed by atoms with Crippen LogP contribution in [0.1, 0.15) is 47.0 Å². The highest BCUT2D eigenvalue weighted by Gasteiger charge is 2.11. The molecule has 19 heteroatoms. The summed E-state index contributed by atoms with van der Waals surface area (Å²) in [6, 6.07) is 0. The van der Waals surface area contributed by atoms with Gasteiger partial charge in [0.2, 0.25) is 20.0 Å². The molecule has 0 saturated carbocycles. The van der Waals surface area contributed by atoms with Gasteiger partial charge in [-0.1, -0.05) is 20.8 Å². The van der Waals surface area contributed by atoms with Crippen molar-refractivity contribution in [2.75, 3.05) is 44.4 Å². The lowest BCUT2D eigenvalue weighted by Crippen LogP contribution is -2.19. The van der Waals surface area contributed by atoms with Gasteiger partial charge < -0.3 is 14.2 Å². The van der Waals surface area contributed by atoms with Crippen molar-refractivity contribution in [1.29, 1.82) is 0 Å². The zero-order valence-electron chi connectivity index (χ0n) is 22.1. The third-order valence-corrected chi connectivity index (χ3v) is 7.41. The second-order valence-electron chi connectivity index (χ2n) is 5.99. The van der Waals surface area contributed by atoms with Gasteiger partial charge in [-0.2, -0.15) is 0 Å². The summed E-state index contributed by atoms with van der Waals surface area (Å²) in [5.74, 6) is -0.409. The van der Waals surface area contributed by atoms with Crippen LogP contribution in [0.3, 0.4) is 0 Å². The summed E-state index contributed by atoms with van der Waals surface area (Å²) in [6.07, 6.45) is 3.26. The number of nitrogens with zero attached hydrogens (tertiary/aromatic N) is 1. The quantitative estimate of drug-likeness (QED) is 0.141. The summed E-state index contributed by atoms with van der Waals surface area (Å²) < 4.78 is 58.4. The fourth-order valence-corrected chi connectivity index (χ4v) is 2.73. The van der Waals surface area contributed by atoms with Crippen molar-refractivity contribution in [3.05, 3.63) is 0 Å². The van der Waals surface area contributed by atoms with Gasteiger partial charge in [0.25, 0.3) is 0 Å². The average molecular weight is 653 g/mol. The van der Waals surface area contributed by atoms with E-state index in [4.69, 9.17) is 10.7 Å². The van der Waals surface area contributed by atoms with Crippen LogP contribution in [0.5, 0.6) is 0 Å². The number of hydrogen-bond acceptors (Lipinski definition) is 14. The topological polar surface area (TPSA) is 180 Å². The Hall–Kier alpha value is -0.760. The second kappa shape index (κ2) is 26.8. The first-order chi connectivity index (χ1) is 16.9. The van der Waals surface area contributed by atoms with E-state index in [1.54, 1.807) is 20.8 Å². The predicted octanol–water partition coefficient (Wildman–Crippen LogP) is 2.56. The molecule has 0 bridgehead atoms. The van der Waals surface area contributed by atoms with E-state index in [1.165, 1.54) is 21.0 Å². The second-order valence-corrected chi connectivity index (χ2v) is 13.4. The molecule has 0 radical (unpaired) electrons. The number of thioether (sulfide) groups is 1. The van der Waals surface area contributed by atoms with Crippen molar-refractivity contribution < 1.29 is 50.2 Å². The zero-order chi connectivity index (χ0) is 30.1. The van der Waals surface area contributed by atoms with Crippen LogP contribution in [0, 0.1) is 0 Å². The third kappa shape index (κ3) is 42.6. The molecule has 0 aromatic carbocycles. The van der Waals surface area contributed by atoms with E-state index in [2.05, 4.69) is 18.9 Å². The molecule has 37 heavy (non-hydrogen) atoms. The Balaban J connectivity index is -0.000000204. The highest BCUT2D eigenvalue weighted by Crippen LogP contribution is 2.11. The number of sulfonamides is 2. The lowest BCUT2D eigenvalue weighted by Gasteiger charge is -2.11. The van der Waals surface area contributed by atoms with Crippen LogP contribution in [-0.4, -0.2) is 88.0 Å². The molecule has 0 aliphatic heterocycles. The molecule has 0 fully saturated rings. The minimum Gasteiger partial charge on any atom is -0.454 e. The van der Waals surface area contributed by atoms with Crippen molar-refractivity contribution in [2.24, 2.45) is 0 Å². The zero-order valence-corrected chi connectivity index (χ0v) is 26.9. The Morgan fingerprint density at radius 1 is 0.811 bits per heavy atom. The molecule has 0 aliphatic carbocycles. The van der Waals surface area contributed by atoms with Crippen LogP contribution in [0.4, 0.5) is 0 Å². The van der Waals surface area contributed by atoms with Gasteiger partial charge in [-0.05, 0) is 52.4 Å². The van der Waals surface area contributed by atoms with Gasteiger partial charge in [-0.25, -0.2) is 21.6 Å². The summed E-state index contributed by atoms with van der Waals surface area (Å²) in [7, 11) is 2.77. The standard InChI is InChI=1S/C6H13NO4S2.C6H10O3S.C4H7ClO2S.C2H7NO2S/c1-4-6(8)11-5-12-7(2)13(3,9)10;1-3-6(8)9-4-10-5(2)7;1-2-4(6)7-3-8-5;1-3-6(2,4)5/h4-5H2,1-3H3;3-4H2,1-2H3;2-3H2,1H3;3H,1-2H3. The number of esters is 3. The summed E-state index contributed by atoms with van der Waals surface area (Å²) in [4.78, 5) is 41.6. The van der Waals surface area contributed by atoms with Crippen molar-refractivity contribution in [2.45, 2.75) is 47.0 Å². The Kier molecular flexibility index (Phi) is 31.4. The third-order valence-electron chi connectivity index (χ3n) is 2.90. The van der Waals surface area contributed by atoms with Gasteiger partial charge in [-0.15, -0.1) is 3.71 Å². The number of hydrogen-bond donors (Lipinski definition) is 1. The van der Waals surface area contributed by atoms with Gasteiger partial charge in [0.15, 0.2) is 17.0 Å². The van der Waals surface area contributed by atoms with E-state index < -0.39 is 20.0 Å². The first kappa shape index (κ1) is 43.3. The molecule has 0 unspecified atom stereocenters. The average Bonchev–Trinajstić information content (AvgIpc) is 2.81. The molecule has 0 spiro atoms. The Labute approximate surface area is 237 Å². The summed E-state index contributed by atoms with van der Waals surface area (Å²) in [6.45, 7) is 6.56. The molecule has 0 saturated heterocycles. The molecule has 0 heterocycles. The van der Waals surface area contributed by atoms with Gasteiger partial charge in [-0.3, -0.25) is 19.2 Å². The van der Waals surface area contributed by atoms with Crippen LogP contribution in [0.2, 0.25) is 0 Å². The maximum absolute atomic E-state index is 10.8. The minimum absolute atomic E-state index is 0.0241. The highest BCUT2D eigenvalue weighted by atomic mass is 35.7. The van der Waals surface area contributed by atoms with Crippen molar-refractivity contribution in [3.63, 3.8) is 0 Å². The maximum Gasteiger partial charge on any atom is 0.306 e. The molecular weight excluding hydrogens is 616 g/mol. The van der Waals surface area contributed by atoms with Gasteiger partial charge in [0.1, 0.15) is 5.94 Å². The SMILES string of the molecule is CCC(=O)OCSC(C)=O.CCC(=O)OCSCl.CCC(=O)OCSN(C)S(C)(=O)=O.CNS(C)(=O)=O. The van der Waals surface area contributed by atoms with Crippen LogP contribution >= 0.6 is 45.4 Å². The van der Waals surface area contributed by atoms with E-state index in [0.29, 0.717) is 19.3 Å². The fourth-order valence-electron chi connectivity index (χ4n) is 0.834. The molecule has 0 atom stereocenters. The molecule has 13 nitrogen and oxygen atoms in total. The van der Waals surface area contributed by atoms with E-state index in [-0.39, 0.29) is 40.8 Å². The van der Waals surface area contributed by atoms with Crippen molar-refractivity contribution in [1.82, 2.24) is 8.43 Å². The molecule has 0 aliphatic rings. The number of nitrogens with one attached hydrogen (secondary N) is 1. The molecule has 222 valence electrons. The van der Waals surface area contributed by atoms with E-state index in [9.17, 15) is 36.0 Å².